The van der Waals surface area contributed by atoms with E-state index in [0.717, 1.165) is 64.6 Å². The van der Waals surface area contributed by atoms with Crippen LogP contribution >= 0.6 is 0 Å². The molecule has 0 amide bonds. The highest BCUT2D eigenvalue weighted by atomic mass is 17.1. The quantitative estimate of drug-likeness (QED) is 0.0193. The van der Waals surface area contributed by atoms with Gasteiger partial charge in [-0.3, -0.25) is 14.8 Å². The van der Waals surface area contributed by atoms with Gasteiger partial charge in [-0.2, -0.15) is 0 Å². The zero-order valence-corrected chi connectivity index (χ0v) is 34.6. The molecule has 0 aromatic rings. The summed E-state index contributed by atoms with van der Waals surface area (Å²) in [6.07, 6.45) is 29.8. The molecule has 0 radical (unpaired) electrons. The molecule has 0 aliphatic carbocycles. The molecule has 0 aliphatic rings. The largest absolute Gasteiger partial charge is 0.465 e. The molecule has 0 saturated carbocycles. The molecule has 5 N–H and O–H groups in total. The van der Waals surface area contributed by atoms with Crippen molar-refractivity contribution >= 4 is 11.9 Å². The normalized spacial score (nSPS) is 10.3. The Kier molecular flexibility index (Phi) is 80.0. The second-order valence-electron chi connectivity index (χ2n) is 13.3. The SMILES string of the molecule is C.C.C.C.CC=CC=CC.CCCCCCCCC(CCCCCCCC)OC(=O)CCCCCC(=O)OCC(CO)CO.CCN(CC)CCCCOO.O. The lowest BCUT2D eigenvalue weighted by Gasteiger charge is -2.18. The van der Waals surface area contributed by atoms with Gasteiger partial charge in [0.25, 0.3) is 0 Å². The van der Waals surface area contributed by atoms with Crippen molar-refractivity contribution in [1.29, 1.82) is 0 Å². The van der Waals surface area contributed by atoms with Crippen molar-refractivity contribution < 1.29 is 44.9 Å². The topological polar surface area (TPSA) is 157 Å². The first-order valence-corrected chi connectivity index (χ1v) is 20.6. The lowest BCUT2D eigenvalue weighted by atomic mass is 10.0. The summed E-state index contributed by atoms with van der Waals surface area (Å²) >= 11 is 0. The molecule has 0 aliphatic heterocycles. The second kappa shape index (κ2) is 62.4. The van der Waals surface area contributed by atoms with Gasteiger partial charge in [0.05, 0.1) is 26.4 Å². The van der Waals surface area contributed by atoms with E-state index >= 15 is 0 Å². The summed E-state index contributed by atoms with van der Waals surface area (Å²) in [7, 11) is 0. The Bertz CT molecular complexity index is 731. The Morgan fingerprint density at radius 1 is 0.607 bits per heavy atom. The monoisotopic (exact) mass is 812 g/mol. The predicted molar refractivity (Wildman–Crippen MR) is 243 cm³/mol. The van der Waals surface area contributed by atoms with Crippen molar-refractivity contribution in [2.45, 2.75) is 212 Å². The van der Waals surface area contributed by atoms with Crippen LogP contribution in [0.4, 0.5) is 0 Å². The highest BCUT2D eigenvalue weighted by Gasteiger charge is 2.15. The molecule has 344 valence electrons. The zero-order chi connectivity index (χ0) is 38.6. The molecular weight excluding hydrogens is 711 g/mol. The molecule has 0 spiro atoms. The van der Waals surface area contributed by atoms with E-state index in [4.69, 9.17) is 24.9 Å². The van der Waals surface area contributed by atoms with E-state index in [2.05, 4.69) is 37.5 Å². The standard InChI is InChI=1S/C28H54O6.C8H19NO2.C6H10.4CH4.H2O/c1-3-5-7-9-11-14-18-26(19-15-12-10-8-6-4-2)34-28(32)21-17-13-16-20-27(31)33-24-25(22-29)23-30;1-3-9(4-2)7-5-6-8-11-10;1-3-5-6-4-2;;;;;/h25-26,29-30H,3-24H2,1-2H3;10H,3-8H2,1-2H3;3-6H,1-2H3;4*1H4;1H2. The maximum absolute atomic E-state index is 12.4. The molecule has 0 bridgehead atoms. The van der Waals surface area contributed by atoms with Crippen molar-refractivity contribution in [1.82, 2.24) is 4.90 Å². The van der Waals surface area contributed by atoms with E-state index in [1.54, 1.807) is 0 Å². The number of carbonyl (C=O) groups is 2. The van der Waals surface area contributed by atoms with Gasteiger partial charge in [0.1, 0.15) is 6.10 Å². The number of rotatable bonds is 33. The van der Waals surface area contributed by atoms with Gasteiger partial charge < -0.3 is 30.1 Å². The van der Waals surface area contributed by atoms with Gasteiger partial charge in [0.15, 0.2) is 0 Å². The highest BCUT2D eigenvalue weighted by molar-refractivity contribution is 5.70. The Balaban J connectivity index is -0.000000146. The van der Waals surface area contributed by atoms with E-state index in [1.165, 1.54) is 64.2 Å². The molecular formula is C46H101NO9. The Morgan fingerprint density at radius 3 is 1.45 bits per heavy atom. The van der Waals surface area contributed by atoms with Crippen molar-refractivity contribution in [3.63, 3.8) is 0 Å². The minimum atomic E-state index is -0.417. The fourth-order valence-electron chi connectivity index (χ4n) is 5.24. The van der Waals surface area contributed by atoms with Gasteiger partial charge in [-0.05, 0) is 84.8 Å². The van der Waals surface area contributed by atoms with Gasteiger partial charge in [-0.25, -0.2) is 4.89 Å². The number of esters is 2. The lowest BCUT2D eigenvalue weighted by Crippen LogP contribution is -2.24. The molecule has 10 nitrogen and oxygen atoms in total. The molecule has 0 aromatic carbocycles. The van der Waals surface area contributed by atoms with Crippen LogP contribution in [-0.2, 0) is 24.0 Å². The van der Waals surface area contributed by atoms with E-state index in [9.17, 15) is 9.59 Å². The average molecular weight is 812 g/mol. The van der Waals surface area contributed by atoms with Crippen LogP contribution in [0.15, 0.2) is 24.3 Å². The third kappa shape index (κ3) is 58.9. The summed E-state index contributed by atoms with van der Waals surface area (Å²) in [5.74, 6) is -0.856. The van der Waals surface area contributed by atoms with Crippen LogP contribution in [0.5, 0.6) is 0 Å². The molecule has 10 heteroatoms. The van der Waals surface area contributed by atoms with E-state index in [0.29, 0.717) is 25.9 Å². The number of aliphatic hydroxyl groups is 2. The number of allylic oxidation sites excluding steroid dienone is 4. The smallest absolute Gasteiger partial charge is 0.306 e. The fraction of sp³-hybridized carbons (Fsp3) is 0.870. The van der Waals surface area contributed by atoms with Gasteiger partial charge in [-0.15, -0.1) is 0 Å². The number of nitrogens with zero attached hydrogens (tertiary/aromatic N) is 1. The molecule has 0 rings (SSSR count). The Morgan fingerprint density at radius 2 is 1.04 bits per heavy atom. The van der Waals surface area contributed by atoms with Crippen LogP contribution in [0.2, 0.25) is 0 Å². The van der Waals surface area contributed by atoms with Crippen molar-refractivity contribution in [3.05, 3.63) is 24.3 Å². The van der Waals surface area contributed by atoms with Gasteiger partial charge in [0.2, 0.25) is 0 Å². The molecule has 0 heterocycles. The minimum Gasteiger partial charge on any atom is -0.465 e. The first-order valence-electron chi connectivity index (χ1n) is 20.6. The first kappa shape index (κ1) is 71.9. The number of unbranched alkanes of at least 4 members (excludes halogenated alkanes) is 13. The van der Waals surface area contributed by atoms with Crippen molar-refractivity contribution in [2.75, 3.05) is 46.1 Å². The summed E-state index contributed by atoms with van der Waals surface area (Å²) in [5.41, 5.74) is 0. The first-order chi connectivity index (χ1) is 24.8. The molecule has 0 atom stereocenters. The number of carbonyl (C=O) groups excluding carboxylic acids is 2. The lowest BCUT2D eigenvalue weighted by molar-refractivity contribution is -0.242. The summed E-state index contributed by atoms with van der Waals surface area (Å²) in [6, 6.07) is 0. The number of aliphatic hydroxyl groups excluding tert-OH is 2. The minimum absolute atomic E-state index is 0. The molecule has 56 heavy (non-hydrogen) atoms. The van der Waals surface area contributed by atoms with Gasteiger partial charge in [0, 0.05) is 18.8 Å². The third-order valence-electron chi connectivity index (χ3n) is 8.67. The summed E-state index contributed by atoms with van der Waals surface area (Å²) in [5, 5.41) is 26.0. The summed E-state index contributed by atoms with van der Waals surface area (Å²) < 4.78 is 10.9. The predicted octanol–water partition coefficient (Wildman–Crippen LogP) is 12.0. The Hall–Kier alpha value is -1.82. The fourth-order valence-corrected chi connectivity index (χ4v) is 5.24. The van der Waals surface area contributed by atoms with E-state index in [-0.39, 0.29) is 79.5 Å². The number of hydrogen-bond acceptors (Lipinski definition) is 9. The maximum atomic E-state index is 12.4. The zero-order valence-electron chi connectivity index (χ0n) is 34.6. The van der Waals surface area contributed by atoms with Crippen LogP contribution < -0.4 is 0 Å². The summed E-state index contributed by atoms with van der Waals surface area (Å²) in [6.45, 7) is 16.2. The van der Waals surface area contributed by atoms with Crippen LogP contribution in [0, 0.1) is 5.92 Å². The van der Waals surface area contributed by atoms with Crippen LogP contribution in [0.3, 0.4) is 0 Å². The van der Waals surface area contributed by atoms with E-state index in [1.807, 2.05) is 38.2 Å². The highest BCUT2D eigenvalue weighted by Crippen LogP contribution is 2.18. The third-order valence-corrected chi connectivity index (χ3v) is 8.67. The second-order valence-corrected chi connectivity index (χ2v) is 13.3. The van der Waals surface area contributed by atoms with Gasteiger partial charge >= 0.3 is 11.9 Å². The van der Waals surface area contributed by atoms with Crippen molar-refractivity contribution in [2.24, 2.45) is 5.92 Å². The van der Waals surface area contributed by atoms with Crippen LogP contribution in [0.1, 0.15) is 206 Å². The van der Waals surface area contributed by atoms with Crippen molar-refractivity contribution in [3.8, 4) is 0 Å². The van der Waals surface area contributed by atoms with E-state index < -0.39 is 5.92 Å². The number of ether oxygens (including phenoxy) is 2. The maximum Gasteiger partial charge on any atom is 0.306 e. The molecule has 0 fully saturated rings. The summed E-state index contributed by atoms with van der Waals surface area (Å²) in [4.78, 5) is 30.4. The van der Waals surface area contributed by atoms with Crippen LogP contribution in [0.25, 0.3) is 0 Å². The molecule has 0 unspecified atom stereocenters. The Labute approximate surface area is 349 Å². The van der Waals surface area contributed by atoms with Crippen LogP contribution in [-0.4, -0.2) is 90.0 Å². The molecule has 0 saturated heterocycles. The average Bonchev–Trinajstić information content (AvgIpc) is 3.14. The molecule has 0 aromatic heterocycles. The van der Waals surface area contributed by atoms with Gasteiger partial charge in [-0.1, -0.05) is 152 Å². The number of hydrogen-bond donors (Lipinski definition) is 3.